The number of rotatable bonds is 4. The summed E-state index contributed by atoms with van der Waals surface area (Å²) in [5.74, 6) is 0.118. The standard InChI is InChI=1S/C15H13ClFN3O/c1-20(15-13(16)6-10(7-18)8-19-15)9-14(21)11-2-4-12(17)5-3-11/h2-6,8,14,21H,9H2,1H3/t14-/m0/s1. The Morgan fingerprint density at radius 1 is 1.43 bits per heavy atom. The predicted octanol–water partition coefficient (Wildman–Crippen LogP) is 2.92. The highest BCUT2D eigenvalue weighted by Crippen LogP contribution is 2.25. The highest BCUT2D eigenvalue weighted by atomic mass is 35.5. The molecule has 0 fully saturated rings. The third-order valence-corrected chi connectivity index (χ3v) is 3.29. The van der Waals surface area contributed by atoms with E-state index in [1.54, 1.807) is 11.9 Å². The maximum absolute atomic E-state index is 12.9. The fourth-order valence-corrected chi connectivity index (χ4v) is 2.22. The summed E-state index contributed by atoms with van der Waals surface area (Å²) in [5, 5.41) is 19.3. The van der Waals surface area contributed by atoms with Crippen LogP contribution < -0.4 is 4.90 Å². The van der Waals surface area contributed by atoms with Gasteiger partial charge in [0.2, 0.25) is 0 Å². The van der Waals surface area contributed by atoms with Crippen molar-refractivity contribution in [2.45, 2.75) is 6.10 Å². The van der Waals surface area contributed by atoms with Crippen LogP contribution in [0.1, 0.15) is 17.2 Å². The second kappa shape index (κ2) is 6.53. The normalized spacial score (nSPS) is 11.8. The molecule has 1 heterocycles. The first-order chi connectivity index (χ1) is 10.0. The third-order valence-electron chi connectivity index (χ3n) is 3.01. The quantitative estimate of drug-likeness (QED) is 0.943. The van der Waals surface area contributed by atoms with Crippen molar-refractivity contribution in [2.75, 3.05) is 18.5 Å². The van der Waals surface area contributed by atoms with Crippen molar-refractivity contribution in [3.8, 4) is 6.07 Å². The highest BCUT2D eigenvalue weighted by molar-refractivity contribution is 6.33. The fourth-order valence-electron chi connectivity index (χ4n) is 1.91. The van der Waals surface area contributed by atoms with E-state index in [4.69, 9.17) is 16.9 Å². The summed E-state index contributed by atoms with van der Waals surface area (Å²) in [4.78, 5) is 5.79. The molecule has 2 aromatic rings. The maximum Gasteiger partial charge on any atom is 0.147 e. The Hall–Kier alpha value is -2.16. The lowest BCUT2D eigenvalue weighted by atomic mass is 10.1. The second-order valence-corrected chi connectivity index (χ2v) is 5.00. The average molecular weight is 306 g/mol. The number of aromatic nitrogens is 1. The summed E-state index contributed by atoms with van der Waals surface area (Å²) < 4.78 is 12.9. The van der Waals surface area contributed by atoms with E-state index >= 15 is 0 Å². The van der Waals surface area contributed by atoms with E-state index in [9.17, 15) is 9.50 Å². The van der Waals surface area contributed by atoms with E-state index in [-0.39, 0.29) is 12.4 Å². The first-order valence-corrected chi connectivity index (χ1v) is 6.59. The van der Waals surface area contributed by atoms with Crippen molar-refractivity contribution in [1.82, 2.24) is 4.98 Å². The van der Waals surface area contributed by atoms with Gasteiger partial charge < -0.3 is 10.0 Å². The molecule has 0 unspecified atom stereocenters. The molecule has 0 bridgehead atoms. The van der Waals surface area contributed by atoms with Gasteiger partial charge in [0.1, 0.15) is 17.7 Å². The van der Waals surface area contributed by atoms with Gasteiger partial charge in [0.15, 0.2) is 0 Å². The molecule has 1 atom stereocenters. The Labute approximate surface area is 127 Å². The molecule has 0 aliphatic carbocycles. The van der Waals surface area contributed by atoms with E-state index in [1.807, 2.05) is 6.07 Å². The number of pyridine rings is 1. The van der Waals surface area contributed by atoms with Crippen LogP contribution in [0, 0.1) is 17.1 Å². The van der Waals surface area contributed by atoms with Crippen molar-refractivity contribution in [2.24, 2.45) is 0 Å². The number of hydrogen-bond acceptors (Lipinski definition) is 4. The molecule has 0 saturated carbocycles. The first-order valence-electron chi connectivity index (χ1n) is 6.21. The Balaban J connectivity index is 2.12. The zero-order valence-electron chi connectivity index (χ0n) is 11.3. The number of likely N-dealkylation sites (N-methyl/N-ethyl adjacent to an activating group) is 1. The number of halogens is 2. The molecule has 0 radical (unpaired) electrons. The Morgan fingerprint density at radius 2 is 2.10 bits per heavy atom. The van der Waals surface area contributed by atoms with Crippen LogP contribution in [0.5, 0.6) is 0 Å². The van der Waals surface area contributed by atoms with Gasteiger partial charge >= 0.3 is 0 Å². The average Bonchev–Trinajstić information content (AvgIpc) is 2.47. The molecule has 0 aliphatic rings. The minimum Gasteiger partial charge on any atom is -0.387 e. The van der Waals surface area contributed by atoms with Crippen molar-refractivity contribution in [1.29, 1.82) is 5.26 Å². The molecule has 1 aromatic carbocycles. The minimum atomic E-state index is -0.802. The molecule has 1 N–H and O–H groups in total. The lowest BCUT2D eigenvalue weighted by Crippen LogP contribution is -2.25. The molecule has 0 saturated heterocycles. The van der Waals surface area contributed by atoms with Crippen LogP contribution >= 0.6 is 11.6 Å². The Morgan fingerprint density at radius 3 is 2.67 bits per heavy atom. The van der Waals surface area contributed by atoms with Gasteiger partial charge in [0, 0.05) is 19.8 Å². The zero-order chi connectivity index (χ0) is 15.4. The molecule has 0 spiro atoms. The van der Waals surface area contributed by atoms with Crippen LogP contribution in [0.2, 0.25) is 5.02 Å². The molecule has 21 heavy (non-hydrogen) atoms. The molecule has 0 aliphatic heterocycles. The Bertz CT molecular complexity index is 670. The summed E-state index contributed by atoms with van der Waals surface area (Å²) in [6, 6.07) is 9.13. The van der Waals surface area contributed by atoms with E-state index in [0.29, 0.717) is 22.0 Å². The van der Waals surface area contributed by atoms with Crippen molar-refractivity contribution in [3.63, 3.8) is 0 Å². The van der Waals surface area contributed by atoms with Gasteiger partial charge in [-0.1, -0.05) is 23.7 Å². The van der Waals surface area contributed by atoms with Gasteiger partial charge in [-0.3, -0.25) is 0 Å². The molecule has 2 rings (SSSR count). The predicted molar refractivity (Wildman–Crippen MR) is 78.6 cm³/mol. The summed E-state index contributed by atoms with van der Waals surface area (Å²) >= 11 is 6.07. The van der Waals surface area contributed by atoms with Gasteiger partial charge in [-0.05, 0) is 23.8 Å². The van der Waals surface area contributed by atoms with Gasteiger partial charge in [-0.25, -0.2) is 9.37 Å². The number of aliphatic hydroxyl groups excluding tert-OH is 1. The Kier molecular flexibility index (Phi) is 4.73. The fraction of sp³-hybridized carbons (Fsp3) is 0.200. The van der Waals surface area contributed by atoms with Crippen LogP contribution in [0.3, 0.4) is 0 Å². The monoisotopic (exact) mass is 305 g/mol. The van der Waals surface area contributed by atoms with Gasteiger partial charge in [-0.2, -0.15) is 5.26 Å². The molecule has 108 valence electrons. The SMILES string of the molecule is CN(C[C@H](O)c1ccc(F)cc1)c1ncc(C#N)cc1Cl. The molecule has 0 amide bonds. The number of anilines is 1. The lowest BCUT2D eigenvalue weighted by Gasteiger charge is -2.22. The van der Waals surface area contributed by atoms with Crippen molar-refractivity contribution in [3.05, 3.63) is 58.5 Å². The van der Waals surface area contributed by atoms with E-state index < -0.39 is 6.10 Å². The van der Waals surface area contributed by atoms with E-state index in [1.165, 1.54) is 36.5 Å². The maximum atomic E-state index is 12.9. The van der Waals surface area contributed by atoms with Crippen LogP contribution in [-0.2, 0) is 0 Å². The summed E-state index contributed by atoms with van der Waals surface area (Å²) in [6.45, 7) is 0.240. The number of nitrogens with zero attached hydrogens (tertiary/aromatic N) is 3. The third kappa shape index (κ3) is 3.69. The largest absolute Gasteiger partial charge is 0.387 e. The molecule has 6 heteroatoms. The molecular formula is C15H13ClFN3O. The van der Waals surface area contributed by atoms with Crippen LogP contribution in [0.4, 0.5) is 10.2 Å². The van der Waals surface area contributed by atoms with Crippen LogP contribution in [-0.4, -0.2) is 23.7 Å². The minimum absolute atomic E-state index is 0.240. The topological polar surface area (TPSA) is 60.1 Å². The van der Waals surface area contributed by atoms with Crippen molar-refractivity contribution < 1.29 is 9.50 Å². The summed E-state index contributed by atoms with van der Waals surface area (Å²) in [6.07, 6.45) is 0.617. The number of nitriles is 1. The number of aliphatic hydroxyl groups is 1. The second-order valence-electron chi connectivity index (χ2n) is 4.59. The summed E-state index contributed by atoms with van der Waals surface area (Å²) in [5.41, 5.74) is 0.976. The van der Waals surface area contributed by atoms with Crippen molar-refractivity contribution >= 4 is 17.4 Å². The summed E-state index contributed by atoms with van der Waals surface area (Å²) in [7, 11) is 1.73. The van der Waals surface area contributed by atoms with E-state index in [2.05, 4.69) is 4.98 Å². The van der Waals surface area contributed by atoms with Gasteiger partial charge in [0.05, 0.1) is 16.7 Å². The van der Waals surface area contributed by atoms with Crippen LogP contribution in [0.25, 0.3) is 0 Å². The highest BCUT2D eigenvalue weighted by Gasteiger charge is 2.14. The molecule has 4 nitrogen and oxygen atoms in total. The molecule has 1 aromatic heterocycles. The zero-order valence-corrected chi connectivity index (χ0v) is 12.0. The smallest absolute Gasteiger partial charge is 0.147 e. The number of hydrogen-bond donors (Lipinski definition) is 1. The van der Waals surface area contributed by atoms with E-state index in [0.717, 1.165) is 0 Å². The molecular weight excluding hydrogens is 293 g/mol. The van der Waals surface area contributed by atoms with Crippen LogP contribution in [0.15, 0.2) is 36.5 Å². The lowest BCUT2D eigenvalue weighted by molar-refractivity contribution is 0.184. The van der Waals surface area contributed by atoms with Gasteiger partial charge in [0.25, 0.3) is 0 Å². The number of benzene rings is 1. The first kappa shape index (κ1) is 15.2. The van der Waals surface area contributed by atoms with Gasteiger partial charge in [-0.15, -0.1) is 0 Å².